The number of carbonyl (C=O) groups is 2. The summed E-state index contributed by atoms with van der Waals surface area (Å²) >= 11 is 1.27. The minimum atomic E-state index is -0.368. The predicted octanol–water partition coefficient (Wildman–Crippen LogP) is 2.95. The number of furan rings is 1. The van der Waals surface area contributed by atoms with Gasteiger partial charge in [0.15, 0.2) is 10.9 Å². The highest BCUT2D eigenvalue weighted by atomic mass is 32.1. The Balaban J connectivity index is 1.52. The number of hydrogen-bond acceptors (Lipinski definition) is 6. The molecule has 0 unspecified atom stereocenters. The van der Waals surface area contributed by atoms with Gasteiger partial charge in [-0.25, -0.2) is 4.98 Å². The highest BCUT2D eigenvalue weighted by molar-refractivity contribution is 7.14. The maximum Gasteiger partial charge on any atom is 0.293 e. The maximum absolute atomic E-state index is 12.3. The van der Waals surface area contributed by atoms with E-state index in [9.17, 15) is 9.59 Å². The molecule has 1 aromatic carbocycles. The smallest absolute Gasteiger partial charge is 0.293 e. The second-order valence-corrected chi connectivity index (χ2v) is 7.30. The van der Waals surface area contributed by atoms with Crippen LogP contribution in [0.2, 0.25) is 0 Å². The minimum Gasteiger partial charge on any atom is -0.459 e. The normalized spacial score (nSPS) is 12.0. The number of hydrogen-bond donors (Lipinski definition) is 2. The summed E-state index contributed by atoms with van der Waals surface area (Å²) in [5.41, 5.74) is 1.75. The lowest BCUT2D eigenvalue weighted by Crippen LogP contribution is -2.35. The zero-order valence-electron chi connectivity index (χ0n) is 15.7. The van der Waals surface area contributed by atoms with Crippen LogP contribution < -0.4 is 10.6 Å². The van der Waals surface area contributed by atoms with E-state index in [1.165, 1.54) is 17.6 Å². The van der Waals surface area contributed by atoms with Gasteiger partial charge >= 0.3 is 0 Å². The van der Waals surface area contributed by atoms with E-state index in [1.807, 2.05) is 44.4 Å². The fourth-order valence-electron chi connectivity index (χ4n) is 2.72. The predicted molar refractivity (Wildman–Crippen MR) is 108 cm³/mol. The Hall–Kier alpha value is -2.97. The summed E-state index contributed by atoms with van der Waals surface area (Å²) in [6.45, 7) is 0.502. The number of nitrogens with one attached hydrogen (secondary N) is 2. The molecular weight excluding hydrogens is 376 g/mol. The molecule has 8 heteroatoms. The summed E-state index contributed by atoms with van der Waals surface area (Å²) in [7, 11) is 3.97. The van der Waals surface area contributed by atoms with Gasteiger partial charge in [-0.3, -0.25) is 14.9 Å². The Labute approximate surface area is 167 Å². The summed E-state index contributed by atoms with van der Waals surface area (Å²) in [5.74, 6) is -0.269. The molecule has 0 bridgehead atoms. The van der Waals surface area contributed by atoms with E-state index >= 15 is 0 Å². The number of likely N-dealkylation sites (N-methyl/N-ethyl adjacent to an activating group) is 1. The fourth-order valence-corrected chi connectivity index (χ4v) is 3.43. The zero-order valence-corrected chi connectivity index (χ0v) is 16.5. The van der Waals surface area contributed by atoms with E-state index in [0.29, 0.717) is 17.4 Å². The first-order chi connectivity index (χ1) is 13.5. The standard InChI is InChI=1S/C20H22N4O3S/c1-24(2)16(14-7-4-3-5-8-14)12-21-18(25)11-15-13-28-20(22-15)23-19(26)17-9-6-10-27-17/h3-10,13,16H,11-12H2,1-2H3,(H,21,25)(H,22,23,26)/t16-/m1/s1. The maximum atomic E-state index is 12.3. The van der Waals surface area contributed by atoms with Crippen LogP contribution in [0.5, 0.6) is 0 Å². The van der Waals surface area contributed by atoms with Crippen LogP contribution in [0.1, 0.15) is 27.9 Å². The average Bonchev–Trinajstić information content (AvgIpc) is 3.35. The monoisotopic (exact) mass is 398 g/mol. The van der Waals surface area contributed by atoms with Crippen molar-refractivity contribution in [2.24, 2.45) is 0 Å². The fraction of sp³-hybridized carbons (Fsp3) is 0.250. The largest absolute Gasteiger partial charge is 0.459 e. The van der Waals surface area contributed by atoms with Crippen molar-refractivity contribution < 1.29 is 14.0 Å². The summed E-state index contributed by atoms with van der Waals surface area (Å²) in [4.78, 5) is 30.6. The van der Waals surface area contributed by atoms with Crippen LogP contribution in [0.4, 0.5) is 5.13 Å². The highest BCUT2D eigenvalue weighted by Gasteiger charge is 2.16. The van der Waals surface area contributed by atoms with Gasteiger partial charge in [0.1, 0.15) is 0 Å². The van der Waals surface area contributed by atoms with Crippen LogP contribution in [0.3, 0.4) is 0 Å². The molecule has 0 saturated heterocycles. The Morgan fingerprint density at radius 2 is 1.96 bits per heavy atom. The molecular formula is C20H22N4O3S. The molecule has 7 nitrogen and oxygen atoms in total. The van der Waals surface area contributed by atoms with Crippen molar-refractivity contribution in [3.8, 4) is 0 Å². The van der Waals surface area contributed by atoms with Gasteiger partial charge < -0.3 is 14.6 Å². The van der Waals surface area contributed by atoms with Crippen LogP contribution in [0.15, 0.2) is 58.5 Å². The minimum absolute atomic E-state index is 0.0868. The van der Waals surface area contributed by atoms with Gasteiger partial charge in [-0.05, 0) is 31.8 Å². The quantitative estimate of drug-likeness (QED) is 0.609. The van der Waals surface area contributed by atoms with Crippen LogP contribution in [-0.4, -0.2) is 42.3 Å². The van der Waals surface area contributed by atoms with Crippen molar-refractivity contribution in [3.05, 3.63) is 71.1 Å². The van der Waals surface area contributed by atoms with Crippen LogP contribution >= 0.6 is 11.3 Å². The van der Waals surface area contributed by atoms with E-state index in [2.05, 4.69) is 20.5 Å². The van der Waals surface area contributed by atoms with Crippen molar-refractivity contribution in [1.29, 1.82) is 0 Å². The molecule has 0 spiro atoms. The van der Waals surface area contributed by atoms with Gasteiger partial charge in [-0.1, -0.05) is 30.3 Å². The summed E-state index contributed by atoms with van der Waals surface area (Å²) in [5, 5.41) is 7.82. The zero-order chi connectivity index (χ0) is 19.9. The number of aromatic nitrogens is 1. The molecule has 0 aliphatic carbocycles. The van der Waals surface area contributed by atoms with E-state index in [1.54, 1.807) is 17.5 Å². The molecule has 0 fully saturated rings. The number of thiazole rings is 1. The lowest BCUT2D eigenvalue weighted by Gasteiger charge is -2.25. The van der Waals surface area contributed by atoms with Gasteiger partial charge in [0.05, 0.1) is 24.4 Å². The second-order valence-electron chi connectivity index (χ2n) is 6.45. The molecule has 3 aromatic rings. The molecule has 2 N–H and O–H groups in total. The molecule has 1 atom stereocenters. The third-order valence-corrected chi connectivity index (χ3v) is 4.97. The number of anilines is 1. The average molecular weight is 398 g/mol. The third kappa shape index (κ3) is 5.28. The van der Waals surface area contributed by atoms with Crippen molar-refractivity contribution in [2.75, 3.05) is 26.0 Å². The second kappa shape index (κ2) is 9.29. The molecule has 28 heavy (non-hydrogen) atoms. The number of benzene rings is 1. The highest BCUT2D eigenvalue weighted by Crippen LogP contribution is 2.18. The lowest BCUT2D eigenvalue weighted by molar-refractivity contribution is -0.120. The molecule has 146 valence electrons. The molecule has 0 saturated carbocycles. The molecule has 2 amide bonds. The van der Waals surface area contributed by atoms with E-state index in [0.717, 1.165) is 5.56 Å². The Bertz CT molecular complexity index is 907. The molecule has 0 aliphatic rings. The molecule has 0 aliphatic heterocycles. The molecule has 3 rings (SSSR count). The first kappa shape index (κ1) is 19.8. The summed E-state index contributed by atoms with van der Waals surface area (Å²) < 4.78 is 5.05. The molecule has 0 radical (unpaired) electrons. The Kier molecular flexibility index (Phi) is 6.57. The SMILES string of the molecule is CN(C)[C@H](CNC(=O)Cc1csc(NC(=O)c2ccco2)n1)c1ccccc1. The van der Waals surface area contributed by atoms with Gasteiger partial charge in [0.25, 0.3) is 5.91 Å². The van der Waals surface area contributed by atoms with Crippen LogP contribution in [0.25, 0.3) is 0 Å². The van der Waals surface area contributed by atoms with Crippen molar-refractivity contribution in [2.45, 2.75) is 12.5 Å². The third-order valence-electron chi connectivity index (χ3n) is 4.16. The lowest BCUT2D eigenvalue weighted by atomic mass is 10.1. The van der Waals surface area contributed by atoms with Crippen LogP contribution in [-0.2, 0) is 11.2 Å². The molecule has 2 heterocycles. The summed E-state index contributed by atoms with van der Waals surface area (Å²) in [6.07, 6.45) is 1.59. The van der Waals surface area contributed by atoms with Gasteiger partial charge in [0.2, 0.25) is 5.91 Å². The number of rotatable bonds is 8. The van der Waals surface area contributed by atoms with E-state index < -0.39 is 0 Å². The van der Waals surface area contributed by atoms with Gasteiger partial charge in [-0.15, -0.1) is 11.3 Å². The topological polar surface area (TPSA) is 87.5 Å². The Morgan fingerprint density at radius 1 is 1.18 bits per heavy atom. The van der Waals surface area contributed by atoms with Crippen molar-refractivity contribution in [1.82, 2.24) is 15.2 Å². The molecule has 2 aromatic heterocycles. The first-order valence-corrected chi connectivity index (χ1v) is 9.68. The summed E-state index contributed by atoms with van der Waals surface area (Å²) in [6, 6.07) is 13.3. The van der Waals surface area contributed by atoms with Crippen molar-refractivity contribution >= 4 is 28.3 Å². The van der Waals surface area contributed by atoms with Gasteiger partial charge in [0, 0.05) is 11.9 Å². The number of nitrogens with zero attached hydrogens (tertiary/aromatic N) is 2. The van der Waals surface area contributed by atoms with Gasteiger partial charge in [-0.2, -0.15) is 0 Å². The number of carbonyl (C=O) groups excluding carboxylic acids is 2. The first-order valence-electron chi connectivity index (χ1n) is 8.80. The van der Waals surface area contributed by atoms with E-state index in [-0.39, 0.29) is 30.0 Å². The Morgan fingerprint density at radius 3 is 2.64 bits per heavy atom. The number of amides is 2. The van der Waals surface area contributed by atoms with E-state index in [4.69, 9.17) is 4.42 Å². The van der Waals surface area contributed by atoms with Crippen LogP contribution in [0, 0.1) is 0 Å². The van der Waals surface area contributed by atoms with Crippen molar-refractivity contribution in [3.63, 3.8) is 0 Å².